The molecule has 0 aliphatic carbocycles. The molecule has 0 aliphatic heterocycles. The minimum absolute atomic E-state index is 0.345. The van der Waals surface area contributed by atoms with E-state index >= 15 is 0 Å². The summed E-state index contributed by atoms with van der Waals surface area (Å²) in [7, 11) is 0. The van der Waals surface area contributed by atoms with Gasteiger partial charge in [0.05, 0.1) is 11.4 Å². The predicted octanol–water partition coefficient (Wildman–Crippen LogP) is 2.64. The van der Waals surface area contributed by atoms with Crippen LogP contribution in [0.2, 0.25) is 5.02 Å². The maximum atomic E-state index is 13.6. The third kappa shape index (κ3) is 1.81. The quantitative estimate of drug-likeness (QED) is 0.847. The van der Waals surface area contributed by atoms with E-state index in [9.17, 15) is 4.39 Å². The van der Waals surface area contributed by atoms with E-state index in [2.05, 4.69) is 10.2 Å². The van der Waals surface area contributed by atoms with E-state index < -0.39 is 0 Å². The lowest BCUT2D eigenvalue weighted by atomic mass is 10.1. The fraction of sp³-hybridized carbons (Fsp3) is 0.182. The highest BCUT2D eigenvalue weighted by Gasteiger charge is 2.13. The van der Waals surface area contributed by atoms with Crippen molar-refractivity contribution < 1.29 is 4.39 Å². The van der Waals surface area contributed by atoms with E-state index in [1.165, 1.54) is 12.1 Å². The minimum atomic E-state index is -0.345. The maximum absolute atomic E-state index is 13.6. The normalized spacial score (nSPS) is 10.8. The molecule has 84 valence electrons. The summed E-state index contributed by atoms with van der Waals surface area (Å²) in [5.74, 6) is -0.345. The molecule has 0 unspecified atom stereocenters. The molecular weight excluding hydrogens is 229 g/mol. The smallest absolute Gasteiger partial charge is 0.132 e. The van der Waals surface area contributed by atoms with Crippen LogP contribution in [0, 0.1) is 12.7 Å². The van der Waals surface area contributed by atoms with Crippen molar-refractivity contribution in [3.8, 4) is 11.3 Å². The lowest BCUT2D eigenvalue weighted by Gasteiger charge is -2.02. The fourth-order valence-corrected chi connectivity index (χ4v) is 1.75. The zero-order chi connectivity index (χ0) is 11.7. The van der Waals surface area contributed by atoms with Gasteiger partial charge >= 0.3 is 0 Å². The summed E-state index contributed by atoms with van der Waals surface area (Å²) in [5, 5.41) is 7.32. The lowest BCUT2D eigenvalue weighted by molar-refractivity contribution is 0.630. The van der Waals surface area contributed by atoms with Gasteiger partial charge in [0.15, 0.2) is 0 Å². The molecule has 2 aromatic rings. The Morgan fingerprint density at radius 3 is 2.88 bits per heavy atom. The molecule has 1 aromatic heterocycles. The standard InChI is InChI=1S/C11H11ClFN3/c1-6-10(5-14)15-16-11(6)8-4-7(12)2-3-9(8)13/h2-4H,5,14H2,1H3,(H,15,16). The molecule has 1 heterocycles. The number of rotatable bonds is 2. The van der Waals surface area contributed by atoms with Crippen LogP contribution >= 0.6 is 11.6 Å². The molecule has 0 saturated carbocycles. The van der Waals surface area contributed by atoms with Crippen LogP contribution < -0.4 is 5.73 Å². The molecule has 16 heavy (non-hydrogen) atoms. The van der Waals surface area contributed by atoms with Crippen molar-refractivity contribution in [3.05, 3.63) is 40.3 Å². The van der Waals surface area contributed by atoms with Crippen LogP contribution in [0.4, 0.5) is 4.39 Å². The summed E-state index contributed by atoms with van der Waals surface area (Å²) in [6, 6.07) is 4.39. The first-order chi connectivity index (χ1) is 7.63. The Kier molecular flexibility index (Phi) is 2.94. The highest BCUT2D eigenvalue weighted by atomic mass is 35.5. The molecular formula is C11H11ClFN3. The Morgan fingerprint density at radius 2 is 2.25 bits per heavy atom. The number of nitrogens with zero attached hydrogens (tertiary/aromatic N) is 1. The number of nitrogens with two attached hydrogens (primary N) is 1. The highest BCUT2D eigenvalue weighted by Crippen LogP contribution is 2.28. The summed E-state index contributed by atoms with van der Waals surface area (Å²) in [6.07, 6.45) is 0. The van der Waals surface area contributed by atoms with Crippen LogP contribution in [0.1, 0.15) is 11.3 Å². The van der Waals surface area contributed by atoms with E-state index in [0.29, 0.717) is 22.8 Å². The zero-order valence-electron chi connectivity index (χ0n) is 8.72. The SMILES string of the molecule is Cc1c(-c2cc(Cl)ccc2F)n[nH]c1CN. The van der Waals surface area contributed by atoms with Gasteiger partial charge in [-0.15, -0.1) is 0 Å². The summed E-state index contributed by atoms with van der Waals surface area (Å²) >= 11 is 5.83. The molecule has 0 bridgehead atoms. The monoisotopic (exact) mass is 239 g/mol. The molecule has 0 amide bonds. The zero-order valence-corrected chi connectivity index (χ0v) is 9.48. The van der Waals surface area contributed by atoms with Gasteiger partial charge in [0.2, 0.25) is 0 Å². The van der Waals surface area contributed by atoms with Crippen LogP contribution in [-0.2, 0) is 6.54 Å². The topological polar surface area (TPSA) is 54.7 Å². The average molecular weight is 240 g/mol. The van der Waals surface area contributed by atoms with Crippen LogP contribution in [0.3, 0.4) is 0 Å². The van der Waals surface area contributed by atoms with Crippen molar-refractivity contribution in [2.24, 2.45) is 5.73 Å². The Morgan fingerprint density at radius 1 is 1.50 bits per heavy atom. The van der Waals surface area contributed by atoms with Crippen molar-refractivity contribution in [3.63, 3.8) is 0 Å². The molecule has 0 atom stereocenters. The van der Waals surface area contributed by atoms with Gasteiger partial charge in [0, 0.05) is 17.1 Å². The Hall–Kier alpha value is -1.39. The van der Waals surface area contributed by atoms with E-state index in [0.717, 1.165) is 11.3 Å². The molecule has 1 aromatic carbocycles. The summed E-state index contributed by atoms with van der Waals surface area (Å²) in [5.41, 5.74) is 8.12. The van der Waals surface area contributed by atoms with Gasteiger partial charge in [-0.3, -0.25) is 5.10 Å². The first kappa shape index (κ1) is 11.1. The Labute approximate surface area is 97.4 Å². The van der Waals surface area contributed by atoms with E-state index in [-0.39, 0.29) is 5.82 Å². The van der Waals surface area contributed by atoms with Crippen LogP contribution in [0.15, 0.2) is 18.2 Å². The number of H-pyrrole nitrogens is 1. The van der Waals surface area contributed by atoms with Gasteiger partial charge in [-0.05, 0) is 30.7 Å². The third-order valence-electron chi connectivity index (χ3n) is 2.50. The first-order valence-corrected chi connectivity index (χ1v) is 5.20. The third-order valence-corrected chi connectivity index (χ3v) is 2.73. The number of aromatic nitrogens is 2. The van der Waals surface area contributed by atoms with Gasteiger partial charge in [0.1, 0.15) is 5.82 Å². The molecule has 0 fully saturated rings. The highest BCUT2D eigenvalue weighted by molar-refractivity contribution is 6.30. The largest absolute Gasteiger partial charge is 0.325 e. The molecule has 5 heteroatoms. The Bertz CT molecular complexity index is 522. The Balaban J connectivity index is 2.58. The second kappa shape index (κ2) is 4.23. The minimum Gasteiger partial charge on any atom is -0.325 e. The number of benzene rings is 1. The number of hydrogen-bond acceptors (Lipinski definition) is 2. The van der Waals surface area contributed by atoms with Crippen molar-refractivity contribution >= 4 is 11.6 Å². The fourth-order valence-electron chi connectivity index (χ4n) is 1.57. The predicted molar refractivity (Wildman–Crippen MR) is 61.6 cm³/mol. The van der Waals surface area contributed by atoms with Gasteiger partial charge in [-0.1, -0.05) is 11.6 Å². The van der Waals surface area contributed by atoms with Crippen LogP contribution in [-0.4, -0.2) is 10.2 Å². The van der Waals surface area contributed by atoms with Crippen molar-refractivity contribution in [1.82, 2.24) is 10.2 Å². The summed E-state index contributed by atoms with van der Waals surface area (Å²) < 4.78 is 13.6. The van der Waals surface area contributed by atoms with Crippen molar-refractivity contribution in [2.45, 2.75) is 13.5 Å². The van der Waals surface area contributed by atoms with Crippen LogP contribution in [0.25, 0.3) is 11.3 Å². The lowest BCUT2D eigenvalue weighted by Crippen LogP contribution is -1.98. The van der Waals surface area contributed by atoms with Gasteiger partial charge in [-0.25, -0.2) is 4.39 Å². The molecule has 0 saturated heterocycles. The van der Waals surface area contributed by atoms with E-state index in [4.69, 9.17) is 17.3 Å². The molecule has 2 rings (SSSR count). The average Bonchev–Trinajstić information content (AvgIpc) is 2.63. The number of halogens is 2. The van der Waals surface area contributed by atoms with Crippen molar-refractivity contribution in [1.29, 1.82) is 0 Å². The van der Waals surface area contributed by atoms with E-state index in [1.54, 1.807) is 6.07 Å². The van der Waals surface area contributed by atoms with Gasteiger partial charge in [0.25, 0.3) is 0 Å². The number of hydrogen-bond donors (Lipinski definition) is 2. The number of aromatic amines is 1. The van der Waals surface area contributed by atoms with E-state index in [1.807, 2.05) is 6.92 Å². The summed E-state index contributed by atoms with van der Waals surface area (Å²) in [4.78, 5) is 0. The molecule has 0 spiro atoms. The number of nitrogens with one attached hydrogen (secondary N) is 1. The molecule has 3 nitrogen and oxygen atoms in total. The van der Waals surface area contributed by atoms with Gasteiger partial charge < -0.3 is 5.73 Å². The maximum Gasteiger partial charge on any atom is 0.132 e. The summed E-state index contributed by atoms with van der Waals surface area (Å²) in [6.45, 7) is 2.20. The second-order valence-corrected chi connectivity index (χ2v) is 3.94. The van der Waals surface area contributed by atoms with Crippen molar-refractivity contribution in [2.75, 3.05) is 0 Å². The van der Waals surface area contributed by atoms with Crippen LogP contribution in [0.5, 0.6) is 0 Å². The van der Waals surface area contributed by atoms with Gasteiger partial charge in [-0.2, -0.15) is 5.10 Å². The molecule has 3 N–H and O–H groups in total. The molecule has 0 radical (unpaired) electrons. The molecule has 0 aliphatic rings. The first-order valence-electron chi connectivity index (χ1n) is 4.83. The second-order valence-electron chi connectivity index (χ2n) is 3.50.